The van der Waals surface area contributed by atoms with Crippen molar-refractivity contribution in [2.75, 3.05) is 36.4 Å². The summed E-state index contributed by atoms with van der Waals surface area (Å²) in [4.78, 5) is 37.0. The number of carbonyl (C=O) groups is 2. The molecule has 2 aromatic rings. The van der Waals surface area contributed by atoms with E-state index in [-0.39, 0.29) is 28.4 Å². The number of likely N-dealkylation sites (tertiary alicyclic amines) is 1. The molecule has 1 aliphatic rings. The fourth-order valence-corrected chi connectivity index (χ4v) is 3.92. The van der Waals surface area contributed by atoms with Crippen molar-refractivity contribution in [3.05, 3.63) is 46.7 Å². The van der Waals surface area contributed by atoms with Crippen LogP contribution in [0, 0.1) is 5.92 Å². The fraction of sp³-hybridized carbons (Fsp3) is 0.455. The Labute approximate surface area is 187 Å². The number of benzene rings is 1. The van der Waals surface area contributed by atoms with E-state index in [0.29, 0.717) is 11.6 Å². The van der Waals surface area contributed by atoms with Crippen molar-refractivity contribution in [1.82, 2.24) is 14.9 Å². The molecule has 1 aliphatic heterocycles. The molecule has 8 nitrogen and oxygen atoms in total. The summed E-state index contributed by atoms with van der Waals surface area (Å²) in [6, 6.07) is 7.70. The Hall–Kier alpha value is -2.71. The Morgan fingerprint density at radius 1 is 1.26 bits per heavy atom. The largest absolute Gasteiger partial charge is 0.369 e. The number of anilines is 2. The van der Waals surface area contributed by atoms with Crippen molar-refractivity contribution in [3.63, 3.8) is 0 Å². The topological polar surface area (TPSA) is 104 Å². The maximum atomic E-state index is 12.8. The van der Waals surface area contributed by atoms with Gasteiger partial charge < -0.3 is 16.0 Å². The SMILES string of the molecule is CCN(CC)c1ncc(Cl)c(C(=O)Nc2cccc(CN3CCC(C(N)=O)CC3)c2)n1. The fourth-order valence-electron chi connectivity index (χ4n) is 3.75. The molecule has 9 heteroatoms. The van der Waals surface area contributed by atoms with E-state index >= 15 is 0 Å². The van der Waals surface area contributed by atoms with Crippen LogP contribution in [0.25, 0.3) is 0 Å². The van der Waals surface area contributed by atoms with Crippen LogP contribution in [-0.4, -0.2) is 52.9 Å². The number of halogens is 1. The van der Waals surface area contributed by atoms with Crippen LogP contribution >= 0.6 is 11.6 Å². The van der Waals surface area contributed by atoms with E-state index in [1.54, 1.807) is 0 Å². The zero-order valence-corrected chi connectivity index (χ0v) is 18.7. The molecule has 0 atom stereocenters. The van der Waals surface area contributed by atoms with Crippen molar-refractivity contribution in [1.29, 1.82) is 0 Å². The summed E-state index contributed by atoms with van der Waals surface area (Å²) in [5.41, 5.74) is 7.31. The molecular weight excluding hydrogens is 416 g/mol. The number of nitrogens with two attached hydrogens (primary N) is 1. The second-order valence-corrected chi connectivity index (χ2v) is 8.05. The zero-order chi connectivity index (χ0) is 22.4. The highest BCUT2D eigenvalue weighted by Gasteiger charge is 2.23. The molecule has 0 radical (unpaired) electrons. The highest BCUT2D eigenvalue weighted by atomic mass is 35.5. The summed E-state index contributed by atoms with van der Waals surface area (Å²) in [6.07, 6.45) is 3.03. The van der Waals surface area contributed by atoms with Crippen molar-refractivity contribution < 1.29 is 9.59 Å². The minimum Gasteiger partial charge on any atom is -0.369 e. The van der Waals surface area contributed by atoms with Gasteiger partial charge >= 0.3 is 0 Å². The lowest BCUT2D eigenvalue weighted by atomic mass is 9.96. The van der Waals surface area contributed by atoms with E-state index in [2.05, 4.69) is 20.2 Å². The highest BCUT2D eigenvalue weighted by Crippen LogP contribution is 2.21. The minimum atomic E-state index is -0.375. The second kappa shape index (κ2) is 10.5. The number of nitrogens with one attached hydrogen (secondary N) is 1. The van der Waals surface area contributed by atoms with Gasteiger partial charge in [-0.1, -0.05) is 23.7 Å². The standard InChI is InChI=1S/C22H29ClN6O2/c1-3-29(4-2)22-25-13-18(23)19(27-22)21(31)26-17-7-5-6-15(12-17)14-28-10-8-16(9-11-28)20(24)30/h5-7,12-13,16H,3-4,8-11,14H2,1-2H3,(H2,24,30)(H,26,31). The number of amides is 2. The van der Waals surface area contributed by atoms with Gasteiger partial charge in [0, 0.05) is 31.2 Å². The Morgan fingerprint density at radius 2 is 1.97 bits per heavy atom. The van der Waals surface area contributed by atoms with E-state index < -0.39 is 0 Å². The van der Waals surface area contributed by atoms with Gasteiger partial charge in [0.2, 0.25) is 11.9 Å². The molecule has 0 spiro atoms. The van der Waals surface area contributed by atoms with Gasteiger partial charge in [0.25, 0.3) is 5.91 Å². The number of hydrogen-bond acceptors (Lipinski definition) is 6. The lowest BCUT2D eigenvalue weighted by Gasteiger charge is -2.30. The Balaban J connectivity index is 1.66. The first kappa shape index (κ1) is 23.0. The molecule has 1 aromatic carbocycles. The van der Waals surface area contributed by atoms with E-state index in [0.717, 1.165) is 51.1 Å². The monoisotopic (exact) mass is 444 g/mol. The van der Waals surface area contributed by atoms with Gasteiger partial charge in [-0.25, -0.2) is 9.97 Å². The van der Waals surface area contributed by atoms with E-state index in [1.165, 1.54) is 6.20 Å². The summed E-state index contributed by atoms with van der Waals surface area (Å²) in [5.74, 6) is -0.134. The van der Waals surface area contributed by atoms with E-state index in [1.807, 2.05) is 43.0 Å². The van der Waals surface area contributed by atoms with Gasteiger partial charge in [0.15, 0.2) is 5.69 Å². The first-order valence-corrected chi connectivity index (χ1v) is 11.0. The highest BCUT2D eigenvalue weighted by molar-refractivity contribution is 6.34. The maximum Gasteiger partial charge on any atom is 0.276 e. The minimum absolute atomic E-state index is 0.0271. The number of primary amides is 1. The molecule has 0 saturated carbocycles. The number of aromatic nitrogens is 2. The normalized spacial score (nSPS) is 14.9. The van der Waals surface area contributed by atoms with Crippen LogP contribution in [0.5, 0.6) is 0 Å². The van der Waals surface area contributed by atoms with Crippen LogP contribution in [-0.2, 0) is 11.3 Å². The van der Waals surface area contributed by atoms with Gasteiger partial charge in [-0.2, -0.15) is 0 Å². The van der Waals surface area contributed by atoms with Crippen LogP contribution in [0.3, 0.4) is 0 Å². The van der Waals surface area contributed by atoms with Crippen LogP contribution in [0.1, 0.15) is 42.7 Å². The van der Waals surface area contributed by atoms with E-state index in [4.69, 9.17) is 17.3 Å². The third kappa shape index (κ3) is 5.92. The summed E-state index contributed by atoms with van der Waals surface area (Å²) in [6.45, 7) is 7.88. The van der Waals surface area contributed by atoms with Crippen molar-refractivity contribution in [2.45, 2.75) is 33.2 Å². The Morgan fingerprint density at radius 3 is 2.61 bits per heavy atom. The molecule has 31 heavy (non-hydrogen) atoms. The molecule has 2 heterocycles. The van der Waals surface area contributed by atoms with Crippen LogP contribution < -0.4 is 16.0 Å². The summed E-state index contributed by atoms with van der Waals surface area (Å²) in [7, 11) is 0. The predicted molar refractivity (Wildman–Crippen MR) is 122 cm³/mol. The average Bonchev–Trinajstić information content (AvgIpc) is 2.76. The van der Waals surface area contributed by atoms with Crippen LogP contribution in [0.15, 0.2) is 30.5 Å². The smallest absolute Gasteiger partial charge is 0.276 e. The molecular formula is C22H29ClN6O2. The number of rotatable bonds is 8. The summed E-state index contributed by atoms with van der Waals surface area (Å²) < 4.78 is 0. The third-order valence-corrected chi connectivity index (χ3v) is 5.85. The Bertz CT molecular complexity index is 926. The van der Waals surface area contributed by atoms with Gasteiger partial charge in [-0.3, -0.25) is 14.5 Å². The van der Waals surface area contributed by atoms with Crippen molar-refractivity contribution in [3.8, 4) is 0 Å². The second-order valence-electron chi connectivity index (χ2n) is 7.65. The molecule has 0 aliphatic carbocycles. The molecule has 1 fully saturated rings. The molecule has 3 rings (SSSR count). The Kier molecular flexibility index (Phi) is 7.81. The number of carbonyl (C=O) groups excluding carboxylic acids is 2. The molecule has 1 saturated heterocycles. The van der Waals surface area contributed by atoms with Crippen molar-refractivity contribution >= 4 is 35.1 Å². The lowest BCUT2D eigenvalue weighted by Crippen LogP contribution is -2.38. The lowest BCUT2D eigenvalue weighted by molar-refractivity contribution is -0.123. The molecule has 1 aromatic heterocycles. The van der Waals surface area contributed by atoms with Crippen molar-refractivity contribution in [2.24, 2.45) is 11.7 Å². The molecule has 0 bridgehead atoms. The third-order valence-electron chi connectivity index (χ3n) is 5.57. The number of nitrogens with zero attached hydrogens (tertiary/aromatic N) is 4. The van der Waals surface area contributed by atoms with Crippen LogP contribution in [0.4, 0.5) is 11.6 Å². The number of hydrogen-bond donors (Lipinski definition) is 2. The zero-order valence-electron chi connectivity index (χ0n) is 18.0. The predicted octanol–water partition coefficient (Wildman–Crippen LogP) is 2.93. The molecule has 0 unspecified atom stereocenters. The maximum absolute atomic E-state index is 12.8. The molecule has 166 valence electrons. The average molecular weight is 445 g/mol. The van der Waals surface area contributed by atoms with Gasteiger partial charge in [0.1, 0.15) is 0 Å². The molecule has 3 N–H and O–H groups in total. The first-order chi connectivity index (χ1) is 14.9. The summed E-state index contributed by atoms with van der Waals surface area (Å²) >= 11 is 6.20. The molecule has 2 amide bonds. The van der Waals surface area contributed by atoms with E-state index in [9.17, 15) is 9.59 Å². The van der Waals surface area contributed by atoms with Crippen LogP contribution in [0.2, 0.25) is 5.02 Å². The van der Waals surface area contributed by atoms with Gasteiger partial charge in [0.05, 0.1) is 11.2 Å². The summed E-state index contributed by atoms with van der Waals surface area (Å²) in [5, 5.41) is 3.10. The first-order valence-electron chi connectivity index (χ1n) is 10.6. The van der Waals surface area contributed by atoms with Gasteiger partial charge in [-0.05, 0) is 57.5 Å². The number of piperidine rings is 1. The quantitative estimate of drug-likeness (QED) is 0.648. The van der Waals surface area contributed by atoms with Gasteiger partial charge in [-0.15, -0.1) is 0 Å².